The van der Waals surface area contributed by atoms with Crippen LogP contribution in [0.4, 0.5) is 4.79 Å². The van der Waals surface area contributed by atoms with Crippen LogP contribution in [0.25, 0.3) is 11.1 Å². The van der Waals surface area contributed by atoms with Gasteiger partial charge in [-0.15, -0.1) is 0 Å². The van der Waals surface area contributed by atoms with Crippen LogP contribution in [0.2, 0.25) is 0 Å². The molecule has 37 heteroatoms. The van der Waals surface area contributed by atoms with E-state index in [1.807, 2.05) is 112 Å². The maximum atomic E-state index is 12.0. The van der Waals surface area contributed by atoms with Crippen molar-refractivity contribution in [2.45, 2.75) is 174 Å². The van der Waals surface area contributed by atoms with E-state index in [0.717, 1.165) is 88.8 Å². The molecule has 720 valence electrons. The summed E-state index contributed by atoms with van der Waals surface area (Å²) in [4.78, 5) is 141. The summed E-state index contributed by atoms with van der Waals surface area (Å²) >= 11 is 0. The van der Waals surface area contributed by atoms with Crippen LogP contribution < -0.4 is 32.9 Å². The standard InChI is InChI=1S/C21H19N3O2.C17H15N5O2.C17H21N3O2.C16H24N4O4.C15H15N3O3.C12H17N3O3.2CH4/c25-20(24-26)17-13-22-19(23-14-17)12-21(10-11-21)18-8-6-16(7-9-18)15-4-2-1-3-5-15;23-17(22-24)12-10-20-16(21-11-12)9-13(14-5-1-3-7-18-14)15-6-2-4-8-19-15;1-3-17(4-2,14-8-6-5-7-9-14)10-15-18-11-13(12-19-15)16(21)20-22;1-16(2,3)24-15(22)20-6-4-11(5-7-20)8-13-17-9-12(10-18-13)14(21)19-23;19-14(18-20)11-7-16-13(17-8-11)6-15(9-21-10-15)12-4-2-1-3-5-12;1-12(2-4-18-5-3-12)6-10-13-7-9(8-14-10)11(16)15-17;;/h1-9,13-14,26H,10-12H2,(H,24,25);1-8,10-11,13,24H,9H2,(H,22,23);5-9,11-12,22H,3-4,10H2,1-2H3,(H,20,21);9-11,23H,4-8H2,1-3H3,(H,19,21);1-5,7-8,20H,6,9-10H2,(H,18,19);7-8,17H,2-6H2,1H3,(H,15,16);2*1H4. The number of amides is 7. The Morgan fingerprint density at radius 3 is 1.12 bits per heavy atom. The van der Waals surface area contributed by atoms with Crippen molar-refractivity contribution in [2.75, 3.05) is 39.5 Å². The normalized spacial score (nSPS) is 14.1. The monoisotopic (exact) mass is 1870 g/mol. The molecule has 8 aromatic heterocycles. The highest BCUT2D eigenvalue weighted by Gasteiger charge is 2.45. The van der Waals surface area contributed by atoms with Gasteiger partial charge in [0.15, 0.2) is 0 Å². The maximum Gasteiger partial charge on any atom is 0.410 e. The van der Waals surface area contributed by atoms with Crippen molar-refractivity contribution in [1.82, 2.24) is 108 Å². The minimum atomic E-state index is -0.646. The number of carbonyl (C=O) groups is 7. The highest BCUT2D eigenvalue weighted by molar-refractivity contribution is 5.95. The minimum absolute atomic E-state index is 0. The van der Waals surface area contributed by atoms with Gasteiger partial charge in [0.05, 0.1) is 52.5 Å². The first kappa shape index (κ1) is 106. The molecule has 16 rings (SSSR count). The van der Waals surface area contributed by atoms with Gasteiger partial charge in [-0.3, -0.25) is 70.0 Å². The first-order valence-electron chi connectivity index (χ1n) is 44.0. The summed E-state index contributed by atoms with van der Waals surface area (Å²) in [5, 5.41) is 51.5. The Hall–Kier alpha value is -14.6. The lowest BCUT2D eigenvalue weighted by Gasteiger charge is -2.41. The second-order valence-electron chi connectivity index (χ2n) is 34.2. The molecule has 37 nitrogen and oxygen atoms in total. The highest BCUT2D eigenvalue weighted by atomic mass is 16.6. The van der Waals surface area contributed by atoms with Gasteiger partial charge in [0, 0.05) is 179 Å². The number of likely N-dealkylation sites (tertiary alicyclic amines) is 1. The molecule has 0 atom stereocenters. The third kappa shape index (κ3) is 30.7. The molecule has 4 aromatic carbocycles. The van der Waals surface area contributed by atoms with Crippen LogP contribution in [0, 0.1) is 11.3 Å². The molecule has 0 bridgehead atoms. The SMILES string of the molecule is C.C.CC(C)(C)OC(=O)N1CCC(Cc2ncc(C(=O)NO)cn2)CC1.CC1(Cc2ncc(C(=O)NO)cn2)CCOCC1.CCC(CC)(Cc1ncc(C(=O)NO)cn1)c1ccccc1.O=C(NO)c1cnc(CC(c2ccccn2)c2ccccn2)nc1.O=C(NO)c1cnc(CC2(c3ccc(-c4ccccc4)cc3)CC2)nc1.O=C(NO)c1cnc(CC2(c3ccccc3)COC2)nc1. The Labute approximate surface area is 794 Å². The average molecular weight is 1870 g/mol. The van der Waals surface area contributed by atoms with Crippen molar-refractivity contribution >= 4 is 41.5 Å². The van der Waals surface area contributed by atoms with Crippen molar-refractivity contribution < 1.29 is 79.0 Å². The number of pyridine rings is 2. The fourth-order valence-electron chi connectivity index (χ4n) is 15.4. The van der Waals surface area contributed by atoms with E-state index in [2.05, 4.69) is 151 Å². The third-order valence-corrected chi connectivity index (χ3v) is 23.7. The lowest BCUT2D eigenvalue weighted by Crippen LogP contribution is -2.48. The van der Waals surface area contributed by atoms with Gasteiger partial charge >= 0.3 is 6.09 Å². The van der Waals surface area contributed by atoms with Gasteiger partial charge in [-0.1, -0.05) is 163 Å². The van der Waals surface area contributed by atoms with E-state index in [9.17, 15) is 33.6 Å². The molecule has 137 heavy (non-hydrogen) atoms. The number of carbonyl (C=O) groups excluding carboxylic acids is 7. The topological polar surface area (TPSA) is 524 Å². The van der Waals surface area contributed by atoms with Crippen LogP contribution >= 0.6 is 0 Å². The van der Waals surface area contributed by atoms with Gasteiger partial charge < -0.3 is 19.1 Å². The number of benzene rings is 4. The number of aromatic nitrogens is 14. The number of rotatable bonds is 26. The molecule has 12 aromatic rings. The number of hydrogen-bond donors (Lipinski definition) is 12. The fraction of sp³-hybridized carbons (Fsp3) is 0.350. The zero-order valence-electron chi connectivity index (χ0n) is 75.8. The summed E-state index contributed by atoms with van der Waals surface area (Å²) in [5.41, 5.74) is 18.4. The number of nitrogens with zero attached hydrogens (tertiary/aromatic N) is 15. The van der Waals surface area contributed by atoms with Crippen LogP contribution in [0.3, 0.4) is 0 Å². The van der Waals surface area contributed by atoms with Crippen molar-refractivity contribution in [1.29, 1.82) is 0 Å². The lowest BCUT2D eigenvalue weighted by atomic mass is 9.73. The average Bonchev–Trinajstić information content (AvgIpc) is 1.56. The molecule has 1 aliphatic carbocycles. The van der Waals surface area contributed by atoms with Crippen LogP contribution in [-0.4, -0.2) is 193 Å². The Morgan fingerprint density at radius 1 is 0.409 bits per heavy atom. The van der Waals surface area contributed by atoms with E-state index in [1.54, 1.807) is 50.2 Å². The Morgan fingerprint density at radius 2 is 0.759 bits per heavy atom. The molecule has 4 fully saturated rings. The number of piperidine rings is 1. The Bertz CT molecular complexity index is 5700. The second-order valence-corrected chi connectivity index (χ2v) is 34.2. The van der Waals surface area contributed by atoms with Crippen LogP contribution in [-0.2, 0) is 69.0 Å². The fourth-order valence-corrected chi connectivity index (χ4v) is 15.4. The Kier molecular flexibility index (Phi) is 40.1. The lowest BCUT2D eigenvalue weighted by molar-refractivity contribution is -0.0608. The zero-order chi connectivity index (χ0) is 96.2. The third-order valence-electron chi connectivity index (χ3n) is 23.7. The van der Waals surface area contributed by atoms with Crippen LogP contribution in [0.5, 0.6) is 0 Å². The molecule has 11 heterocycles. The molecule has 1 saturated carbocycles. The van der Waals surface area contributed by atoms with Gasteiger partial charge in [0.1, 0.15) is 40.5 Å². The molecule has 3 saturated heterocycles. The molecular weight excluding hydrogens is 1750 g/mol. The molecule has 0 unspecified atom stereocenters. The van der Waals surface area contributed by atoms with Gasteiger partial charge in [0.25, 0.3) is 35.4 Å². The number of ether oxygens (including phenoxy) is 3. The molecule has 3 aliphatic heterocycles. The van der Waals surface area contributed by atoms with Gasteiger partial charge in [-0.05, 0) is 136 Å². The van der Waals surface area contributed by atoms with E-state index in [-0.39, 0.29) is 81.9 Å². The number of hydrogen-bond acceptors (Lipinski definition) is 30. The van der Waals surface area contributed by atoms with E-state index in [4.69, 9.17) is 45.5 Å². The predicted molar refractivity (Wildman–Crippen MR) is 503 cm³/mol. The summed E-state index contributed by atoms with van der Waals surface area (Å²) in [7, 11) is 0. The Balaban J connectivity index is 0.000000184. The minimum Gasteiger partial charge on any atom is -0.444 e. The summed E-state index contributed by atoms with van der Waals surface area (Å²) in [6.07, 6.45) is 32.2. The second kappa shape index (κ2) is 51.8. The molecule has 7 amide bonds. The molecule has 0 radical (unpaired) electrons. The van der Waals surface area contributed by atoms with Gasteiger partial charge in [-0.25, -0.2) is 97.5 Å². The maximum absolute atomic E-state index is 12.0. The molecule has 12 N–H and O–H groups in total. The predicted octanol–water partition coefficient (Wildman–Crippen LogP) is 13.3. The van der Waals surface area contributed by atoms with Crippen molar-refractivity contribution in [3.05, 3.63) is 335 Å². The van der Waals surface area contributed by atoms with E-state index < -0.39 is 41.0 Å². The van der Waals surface area contributed by atoms with Crippen molar-refractivity contribution in [3.63, 3.8) is 0 Å². The zero-order valence-corrected chi connectivity index (χ0v) is 75.8. The van der Waals surface area contributed by atoms with E-state index in [1.165, 1.54) is 102 Å². The van der Waals surface area contributed by atoms with E-state index in [0.29, 0.717) is 92.9 Å². The number of hydroxylamine groups is 6. The van der Waals surface area contributed by atoms with Crippen molar-refractivity contribution in [3.8, 4) is 11.1 Å². The van der Waals surface area contributed by atoms with Crippen molar-refractivity contribution in [2.24, 2.45) is 11.3 Å². The largest absolute Gasteiger partial charge is 0.444 e. The smallest absolute Gasteiger partial charge is 0.410 e. The molecule has 4 aliphatic rings. The van der Waals surface area contributed by atoms with Gasteiger partial charge in [-0.2, -0.15) is 0 Å². The summed E-state index contributed by atoms with van der Waals surface area (Å²) in [5.74, 6) is 0.583. The molecule has 0 spiro atoms. The first-order valence-corrected chi connectivity index (χ1v) is 44.0. The van der Waals surface area contributed by atoms with Crippen LogP contribution in [0.1, 0.15) is 239 Å². The van der Waals surface area contributed by atoms with E-state index >= 15 is 0 Å². The van der Waals surface area contributed by atoms with Crippen LogP contribution in [0.15, 0.2) is 238 Å². The first-order chi connectivity index (χ1) is 65.3. The number of nitrogens with one attached hydrogen (secondary N) is 6. The summed E-state index contributed by atoms with van der Waals surface area (Å²) in [6.45, 7) is 16.3. The van der Waals surface area contributed by atoms with Gasteiger partial charge in [0.2, 0.25) is 0 Å². The summed E-state index contributed by atoms with van der Waals surface area (Å²) in [6, 6.07) is 51.0. The highest BCUT2D eigenvalue weighted by Crippen LogP contribution is 2.51. The summed E-state index contributed by atoms with van der Waals surface area (Å²) < 4.78 is 16.1. The molecular formula is C100H119N21O16. The quantitative estimate of drug-likeness (QED) is 0.0177.